The Bertz CT molecular complexity index is 538. The minimum absolute atomic E-state index is 0. The van der Waals surface area contributed by atoms with Gasteiger partial charge < -0.3 is 10.6 Å². The number of hydrogen-bond donors (Lipinski definition) is 2. The Morgan fingerprint density at radius 2 is 1.83 bits per heavy atom. The lowest BCUT2D eigenvalue weighted by atomic mass is 10.1. The van der Waals surface area contributed by atoms with E-state index in [0.717, 1.165) is 12.4 Å². The summed E-state index contributed by atoms with van der Waals surface area (Å²) in [6.45, 7) is 10.9. The highest BCUT2D eigenvalue weighted by Gasteiger charge is 2.18. The molecule has 0 aliphatic heterocycles. The van der Waals surface area contributed by atoms with Gasteiger partial charge in [0.2, 0.25) is 0 Å². The van der Waals surface area contributed by atoms with Crippen LogP contribution in [0.4, 0.5) is 0 Å². The van der Waals surface area contributed by atoms with Crippen LogP contribution in [-0.2, 0) is 17.2 Å². The molecule has 0 amide bonds. The van der Waals surface area contributed by atoms with Gasteiger partial charge in [0.25, 0.3) is 0 Å². The second-order valence-corrected chi connectivity index (χ2v) is 8.95. The number of rotatable bonds is 6. The third-order valence-corrected chi connectivity index (χ3v) is 5.67. The summed E-state index contributed by atoms with van der Waals surface area (Å²) < 4.78 is 11.9. The van der Waals surface area contributed by atoms with E-state index in [2.05, 4.69) is 53.7 Å². The molecule has 0 radical (unpaired) electrons. The third kappa shape index (κ3) is 7.96. The highest BCUT2D eigenvalue weighted by atomic mass is 127. The molecule has 0 bridgehead atoms. The lowest BCUT2D eigenvalue weighted by Gasteiger charge is -2.20. The number of nitrogens with one attached hydrogen (secondary N) is 2. The van der Waals surface area contributed by atoms with Gasteiger partial charge in [0.1, 0.15) is 0 Å². The van der Waals surface area contributed by atoms with Crippen molar-refractivity contribution in [3.63, 3.8) is 0 Å². The van der Waals surface area contributed by atoms with Crippen molar-refractivity contribution >= 4 is 40.7 Å². The molecule has 0 spiro atoms. The van der Waals surface area contributed by atoms with Crippen LogP contribution in [0.3, 0.4) is 0 Å². The topological polar surface area (TPSA) is 53.5 Å². The van der Waals surface area contributed by atoms with E-state index < -0.39 is 10.8 Å². The van der Waals surface area contributed by atoms with Crippen LogP contribution < -0.4 is 10.6 Å². The molecule has 0 aliphatic carbocycles. The maximum Gasteiger partial charge on any atom is 0.191 e. The van der Waals surface area contributed by atoms with Crippen molar-refractivity contribution in [3.8, 4) is 0 Å². The van der Waals surface area contributed by atoms with Crippen LogP contribution in [0.15, 0.2) is 29.3 Å². The van der Waals surface area contributed by atoms with Crippen LogP contribution in [0.25, 0.3) is 0 Å². The van der Waals surface area contributed by atoms with E-state index in [1.54, 1.807) is 7.05 Å². The zero-order chi connectivity index (χ0) is 17.5. The van der Waals surface area contributed by atoms with Crippen LogP contribution in [0.2, 0.25) is 0 Å². The van der Waals surface area contributed by atoms with E-state index in [1.807, 2.05) is 20.8 Å². The van der Waals surface area contributed by atoms with Crippen molar-refractivity contribution in [1.82, 2.24) is 10.6 Å². The van der Waals surface area contributed by atoms with Crippen molar-refractivity contribution < 1.29 is 4.21 Å². The zero-order valence-corrected chi connectivity index (χ0v) is 18.8. The number of benzene rings is 1. The summed E-state index contributed by atoms with van der Waals surface area (Å²) in [5.74, 6) is 1.35. The maximum atomic E-state index is 12.0. The SMILES string of the molecule is CCc1ccc(C(C)NC(=NC)NCCS(=O)C(C)(C)C)cc1.I. The molecule has 0 heterocycles. The van der Waals surface area contributed by atoms with E-state index >= 15 is 0 Å². The van der Waals surface area contributed by atoms with Crippen molar-refractivity contribution in [3.05, 3.63) is 35.4 Å². The fourth-order valence-corrected chi connectivity index (χ4v) is 2.99. The van der Waals surface area contributed by atoms with Gasteiger partial charge in [0.15, 0.2) is 5.96 Å². The van der Waals surface area contributed by atoms with Crippen molar-refractivity contribution in [2.45, 2.75) is 51.8 Å². The van der Waals surface area contributed by atoms with E-state index in [-0.39, 0.29) is 34.8 Å². The largest absolute Gasteiger partial charge is 0.355 e. The van der Waals surface area contributed by atoms with Crippen LogP contribution in [-0.4, -0.2) is 34.3 Å². The Balaban J connectivity index is 0.00000529. The minimum atomic E-state index is -0.853. The Kier molecular flexibility index (Phi) is 10.8. The first-order valence-electron chi connectivity index (χ1n) is 8.22. The average molecular weight is 465 g/mol. The molecule has 0 saturated heterocycles. The number of guanidine groups is 1. The van der Waals surface area contributed by atoms with E-state index in [1.165, 1.54) is 11.1 Å². The number of aryl methyl sites for hydroxylation is 1. The van der Waals surface area contributed by atoms with Gasteiger partial charge in [-0.1, -0.05) is 31.2 Å². The molecular weight excluding hydrogens is 433 g/mol. The molecule has 1 aromatic rings. The molecular formula is C18H32IN3OS. The van der Waals surface area contributed by atoms with Crippen molar-refractivity contribution in [2.75, 3.05) is 19.3 Å². The smallest absolute Gasteiger partial charge is 0.191 e. The fraction of sp³-hybridized carbons (Fsp3) is 0.611. The first kappa shape index (κ1) is 23.4. The van der Waals surface area contributed by atoms with Crippen LogP contribution >= 0.6 is 24.0 Å². The van der Waals surface area contributed by atoms with Crippen molar-refractivity contribution in [1.29, 1.82) is 0 Å². The Morgan fingerprint density at radius 3 is 2.29 bits per heavy atom. The number of aliphatic imine (C=N–C) groups is 1. The lowest BCUT2D eigenvalue weighted by molar-refractivity contribution is 0.645. The molecule has 138 valence electrons. The minimum Gasteiger partial charge on any atom is -0.355 e. The van der Waals surface area contributed by atoms with Gasteiger partial charge in [-0.3, -0.25) is 9.20 Å². The second kappa shape index (κ2) is 11.1. The molecule has 2 atom stereocenters. The van der Waals surface area contributed by atoms with Crippen molar-refractivity contribution in [2.24, 2.45) is 4.99 Å². The number of nitrogens with zero attached hydrogens (tertiary/aromatic N) is 1. The molecule has 4 nitrogen and oxygen atoms in total. The van der Waals surface area contributed by atoms with Gasteiger partial charge in [-0.25, -0.2) is 0 Å². The van der Waals surface area contributed by atoms with Gasteiger partial charge in [0, 0.05) is 34.9 Å². The fourth-order valence-electron chi connectivity index (χ4n) is 2.09. The van der Waals surface area contributed by atoms with Gasteiger partial charge in [-0.05, 0) is 45.2 Å². The highest BCUT2D eigenvalue weighted by Crippen LogP contribution is 2.13. The average Bonchev–Trinajstić information content (AvgIpc) is 2.52. The first-order chi connectivity index (χ1) is 10.8. The van der Waals surface area contributed by atoms with Crippen LogP contribution in [0.5, 0.6) is 0 Å². The maximum absolute atomic E-state index is 12.0. The monoisotopic (exact) mass is 465 g/mol. The molecule has 0 saturated carbocycles. The molecule has 6 heteroatoms. The van der Waals surface area contributed by atoms with Gasteiger partial charge in [-0.15, -0.1) is 24.0 Å². The Labute approximate surface area is 166 Å². The lowest BCUT2D eigenvalue weighted by Crippen LogP contribution is -2.41. The normalized spacial score (nSPS) is 14.5. The van der Waals surface area contributed by atoms with E-state index in [9.17, 15) is 4.21 Å². The predicted octanol–water partition coefficient (Wildman–Crippen LogP) is 3.64. The summed E-state index contributed by atoms with van der Waals surface area (Å²) in [5.41, 5.74) is 2.57. The predicted molar refractivity (Wildman–Crippen MR) is 117 cm³/mol. The highest BCUT2D eigenvalue weighted by molar-refractivity contribution is 14.0. The van der Waals surface area contributed by atoms with E-state index in [4.69, 9.17) is 0 Å². The Hall–Kier alpha value is -0.630. The molecule has 0 fully saturated rings. The van der Waals surface area contributed by atoms with Gasteiger partial charge >= 0.3 is 0 Å². The molecule has 0 aromatic heterocycles. The summed E-state index contributed by atoms with van der Waals surface area (Å²) >= 11 is 0. The molecule has 1 aromatic carbocycles. The number of halogens is 1. The summed E-state index contributed by atoms with van der Waals surface area (Å²) in [7, 11) is 0.899. The summed E-state index contributed by atoms with van der Waals surface area (Å²) in [6.07, 6.45) is 1.05. The molecule has 0 aliphatic rings. The summed E-state index contributed by atoms with van der Waals surface area (Å²) in [6, 6.07) is 8.80. The Morgan fingerprint density at radius 1 is 1.25 bits per heavy atom. The van der Waals surface area contributed by atoms with Crippen LogP contribution in [0.1, 0.15) is 51.8 Å². The molecule has 1 rings (SSSR count). The van der Waals surface area contributed by atoms with Crippen LogP contribution in [0, 0.1) is 0 Å². The first-order valence-corrected chi connectivity index (χ1v) is 9.54. The molecule has 2 N–H and O–H groups in total. The number of hydrogen-bond acceptors (Lipinski definition) is 2. The standard InChI is InChI=1S/C18H31N3OS.HI/c1-7-15-8-10-16(11-9-15)14(2)21-17(19-6)20-12-13-23(22)18(3,4)5;/h8-11,14H,7,12-13H2,1-6H3,(H2,19,20,21);1H. The third-order valence-electron chi connectivity index (χ3n) is 3.73. The van der Waals surface area contributed by atoms with Gasteiger partial charge in [0.05, 0.1) is 6.04 Å². The quantitative estimate of drug-likeness (QED) is 0.383. The summed E-state index contributed by atoms with van der Waals surface area (Å²) in [4.78, 5) is 4.24. The zero-order valence-electron chi connectivity index (χ0n) is 15.7. The summed E-state index contributed by atoms with van der Waals surface area (Å²) in [5, 5.41) is 6.61. The molecule has 2 unspecified atom stereocenters. The van der Waals surface area contributed by atoms with Gasteiger partial charge in [-0.2, -0.15) is 0 Å². The second-order valence-electron chi connectivity index (χ2n) is 6.62. The molecule has 24 heavy (non-hydrogen) atoms. The van der Waals surface area contributed by atoms with E-state index in [0.29, 0.717) is 12.3 Å².